The second-order valence-corrected chi connectivity index (χ2v) is 3.94. The summed E-state index contributed by atoms with van der Waals surface area (Å²) < 4.78 is 10.2. The fourth-order valence-corrected chi connectivity index (χ4v) is 2.36. The molecule has 13 heavy (non-hydrogen) atoms. The van der Waals surface area contributed by atoms with Crippen LogP contribution in [-0.2, 0) is 9.47 Å². The van der Waals surface area contributed by atoms with Gasteiger partial charge in [-0.15, -0.1) is 0 Å². The van der Waals surface area contributed by atoms with Crippen molar-refractivity contribution in [2.75, 3.05) is 0 Å². The monoisotopic (exact) mass is 183 g/mol. The molecule has 5 nitrogen and oxygen atoms in total. The number of nitriles is 1. The molecule has 0 radical (unpaired) electrons. The van der Waals surface area contributed by atoms with Gasteiger partial charge in [-0.25, -0.2) is 0 Å². The van der Waals surface area contributed by atoms with E-state index in [1.807, 2.05) is 6.07 Å². The Morgan fingerprint density at radius 3 is 2.62 bits per heavy atom. The molecule has 1 saturated carbocycles. The number of ether oxygens (including phenoxy) is 2. The van der Waals surface area contributed by atoms with Crippen molar-refractivity contribution in [1.29, 1.82) is 5.26 Å². The van der Waals surface area contributed by atoms with Crippen LogP contribution in [0.4, 0.5) is 0 Å². The average molecular weight is 183 g/mol. The fraction of sp³-hybridized carbons (Fsp3) is 0.875. The Bertz CT molecular complexity index is 325. The van der Waals surface area contributed by atoms with Gasteiger partial charge in [0.2, 0.25) is 5.60 Å². The molecule has 3 fully saturated rings. The van der Waals surface area contributed by atoms with Crippen LogP contribution in [0, 0.1) is 11.3 Å². The van der Waals surface area contributed by atoms with Crippen LogP contribution in [0.25, 0.3) is 0 Å². The molecule has 2 N–H and O–H groups in total. The lowest BCUT2D eigenvalue weighted by molar-refractivity contribution is -0.0980. The van der Waals surface area contributed by atoms with Gasteiger partial charge in [0, 0.05) is 0 Å². The summed E-state index contributed by atoms with van der Waals surface area (Å²) in [5.74, 6) is 0. The zero-order valence-electron chi connectivity index (χ0n) is 6.97. The third kappa shape index (κ3) is 0.577. The van der Waals surface area contributed by atoms with Gasteiger partial charge in [-0.05, 0) is 6.92 Å². The topological polar surface area (TPSA) is 89.3 Å². The Kier molecular flexibility index (Phi) is 1.03. The molecule has 2 saturated heterocycles. The number of rotatable bonds is 1. The van der Waals surface area contributed by atoms with Crippen LogP contribution in [0.5, 0.6) is 0 Å². The molecule has 6 atom stereocenters. The lowest BCUT2D eigenvalue weighted by Crippen LogP contribution is -2.49. The highest BCUT2D eigenvalue weighted by Crippen LogP contribution is 2.65. The minimum atomic E-state index is -1.39. The van der Waals surface area contributed by atoms with Crippen molar-refractivity contribution in [3.8, 4) is 6.07 Å². The first-order valence-electron chi connectivity index (χ1n) is 4.22. The van der Waals surface area contributed by atoms with Gasteiger partial charge in [-0.2, -0.15) is 5.26 Å². The molecule has 1 aliphatic carbocycles. The summed E-state index contributed by atoms with van der Waals surface area (Å²) in [6.07, 6.45) is -2.29. The van der Waals surface area contributed by atoms with Crippen molar-refractivity contribution in [2.45, 2.75) is 42.5 Å². The van der Waals surface area contributed by atoms with E-state index in [2.05, 4.69) is 0 Å². The van der Waals surface area contributed by atoms with E-state index in [-0.39, 0.29) is 6.10 Å². The second-order valence-electron chi connectivity index (χ2n) is 3.94. The predicted octanol–water partition coefficient (Wildman–Crippen LogP) is -1.46. The van der Waals surface area contributed by atoms with Crippen molar-refractivity contribution < 1.29 is 19.7 Å². The van der Waals surface area contributed by atoms with Gasteiger partial charge in [-0.1, -0.05) is 0 Å². The highest BCUT2D eigenvalue weighted by atomic mass is 16.7. The van der Waals surface area contributed by atoms with Crippen LogP contribution in [-0.4, -0.2) is 45.8 Å². The lowest BCUT2D eigenvalue weighted by atomic mass is 9.93. The Morgan fingerprint density at radius 1 is 1.54 bits per heavy atom. The minimum Gasteiger partial charge on any atom is -0.390 e. The molecule has 0 aromatic carbocycles. The van der Waals surface area contributed by atoms with Gasteiger partial charge in [-0.3, -0.25) is 0 Å². The second kappa shape index (κ2) is 1.74. The van der Waals surface area contributed by atoms with Crippen LogP contribution < -0.4 is 0 Å². The summed E-state index contributed by atoms with van der Waals surface area (Å²) in [7, 11) is 0. The summed E-state index contributed by atoms with van der Waals surface area (Å²) in [5.41, 5.74) is -2.36. The van der Waals surface area contributed by atoms with Crippen LogP contribution in [0.3, 0.4) is 0 Å². The molecule has 0 aromatic rings. The molecular formula is C8H9NO4. The normalized spacial score (nSPS) is 63.4. The van der Waals surface area contributed by atoms with Gasteiger partial charge in [0.1, 0.15) is 30.0 Å². The minimum absolute atomic E-state index is 0.345. The zero-order chi connectivity index (χ0) is 9.43. The van der Waals surface area contributed by atoms with E-state index in [4.69, 9.17) is 14.7 Å². The number of nitrogens with zero attached hydrogens (tertiary/aromatic N) is 1. The van der Waals surface area contributed by atoms with Crippen molar-refractivity contribution in [3.05, 3.63) is 0 Å². The first-order valence-corrected chi connectivity index (χ1v) is 4.22. The molecule has 0 bridgehead atoms. The fourth-order valence-electron chi connectivity index (χ4n) is 2.36. The number of epoxide rings is 2. The smallest absolute Gasteiger partial charge is 0.212 e. The molecular weight excluding hydrogens is 174 g/mol. The summed E-state index contributed by atoms with van der Waals surface area (Å²) in [6.45, 7) is 1.48. The van der Waals surface area contributed by atoms with E-state index in [1.165, 1.54) is 6.92 Å². The van der Waals surface area contributed by atoms with Crippen molar-refractivity contribution in [2.24, 2.45) is 0 Å². The van der Waals surface area contributed by atoms with E-state index in [0.29, 0.717) is 0 Å². The largest absolute Gasteiger partial charge is 0.390 e. The molecule has 0 spiro atoms. The highest BCUT2D eigenvalue weighted by molar-refractivity contribution is 5.42. The third-order valence-corrected chi connectivity index (χ3v) is 3.28. The Hall–Kier alpha value is -0.670. The summed E-state index contributed by atoms with van der Waals surface area (Å²) in [6, 6.07) is 2.00. The van der Waals surface area contributed by atoms with Gasteiger partial charge >= 0.3 is 0 Å². The van der Waals surface area contributed by atoms with E-state index in [0.717, 1.165) is 0 Å². The molecule has 1 unspecified atom stereocenters. The molecule has 3 rings (SSSR count). The van der Waals surface area contributed by atoms with Crippen molar-refractivity contribution >= 4 is 0 Å². The van der Waals surface area contributed by atoms with Crippen LogP contribution in [0.1, 0.15) is 6.92 Å². The van der Waals surface area contributed by atoms with E-state index in [9.17, 15) is 10.2 Å². The van der Waals surface area contributed by atoms with E-state index < -0.39 is 29.5 Å². The van der Waals surface area contributed by atoms with Gasteiger partial charge < -0.3 is 19.7 Å². The molecule has 0 aromatic heterocycles. The predicted molar refractivity (Wildman–Crippen MR) is 38.5 cm³/mol. The standard InChI is InChI=1S/C8H9NO4/c1-3(10)8(11)5-4(12-5)7(2-9)6(8)13-7/h3-6,10-11H,1H3/t3?,4-,5+,6+,7+,8+/m0/s1. The van der Waals surface area contributed by atoms with E-state index >= 15 is 0 Å². The number of aliphatic hydroxyl groups excluding tert-OH is 1. The van der Waals surface area contributed by atoms with Crippen LogP contribution >= 0.6 is 0 Å². The highest BCUT2D eigenvalue weighted by Gasteiger charge is 2.89. The molecule has 2 heterocycles. The molecule has 70 valence electrons. The summed E-state index contributed by atoms with van der Waals surface area (Å²) >= 11 is 0. The molecule has 5 heteroatoms. The first kappa shape index (κ1) is 7.71. The quantitative estimate of drug-likeness (QED) is 0.485. The van der Waals surface area contributed by atoms with Gasteiger partial charge in [0.25, 0.3) is 0 Å². The van der Waals surface area contributed by atoms with Gasteiger partial charge in [0.05, 0.1) is 6.10 Å². The van der Waals surface area contributed by atoms with Crippen molar-refractivity contribution in [3.63, 3.8) is 0 Å². The number of aliphatic hydroxyl groups is 2. The first-order chi connectivity index (χ1) is 6.07. The third-order valence-electron chi connectivity index (χ3n) is 3.28. The average Bonchev–Trinajstić information content (AvgIpc) is 2.95. The van der Waals surface area contributed by atoms with E-state index in [1.54, 1.807) is 0 Å². The molecule has 2 aliphatic heterocycles. The summed E-state index contributed by atoms with van der Waals surface area (Å²) in [4.78, 5) is 0. The van der Waals surface area contributed by atoms with Gasteiger partial charge in [0.15, 0.2) is 0 Å². The van der Waals surface area contributed by atoms with Crippen LogP contribution in [0.2, 0.25) is 0 Å². The zero-order valence-corrected chi connectivity index (χ0v) is 6.97. The SMILES string of the molecule is CC(O)[C@@]1(O)[C@@H]2O[C@@H]2[C@@]2(C#N)O[C@H]21. The molecule has 0 amide bonds. The maximum Gasteiger partial charge on any atom is 0.212 e. The van der Waals surface area contributed by atoms with Crippen molar-refractivity contribution in [1.82, 2.24) is 0 Å². The Morgan fingerprint density at radius 2 is 2.23 bits per heavy atom. The number of fused-ring (bicyclic) bond motifs is 3. The summed E-state index contributed by atoms with van der Waals surface area (Å²) in [5, 5.41) is 28.3. The molecule has 3 aliphatic rings. The lowest BCUT2D eigenvalue weighted by Gasteiger charge is -2.25. The van der Waals surface area contributed by atoms with Crippen LogP contribution in [0.15, 0.2) is 0 Å². The number of hydrogen-bond acceptors (Lipinski definition) is 5. The number of hydrogen-bond donors (Lipinski definition) is 2. The Labute approximate surface area is 74.5 Å². The maximum atomic E-state index is 10.0. The Balaban J connectivity index is 2.01. The maximum absolute atomic E-state index is 10.0.